The first-order chi connectivity index (χ1) is 7.52. The molecule has 0 saturated carbocycles. The van der Waals surface area contributed by atoms with Crippen LogP contribution in [0.4, 0.5) is 0 Å². The van der Waals surface area contributed by atoms with Gasteiger partial charge in [-0.15, -0.1) is 0 Å². The molecule has 16 heavy (non-hydrogen) atoms. The number of pyridine rings is 1. The van der Waals surface area contributed by atoms with E-state index in [0.29, 0.717) is 5.52 Å². The van der Waals surface area contributed by atoms with Crippen LogP contribution in [-0.4, -0.2) is 13.4 Å². The van der Waals surface area contributed by atoms with Crippen molar-refractivity contribution in [2.45, 2.75) is 4.90 Å². The lowest BCUT2D eigenvalue weighted by atomic mass is 10.1. The van der Waals surface area contributed by atoms with Gasteiger partial charge >= 0.3 is 0 Å². The number of hydrogen-bond acceptors (Lipinski definition) is 3. The molecule has 0 saturated heterocycles. The Balaban J connectivity index is 2.83. The molecule has 1 aromatic heterocycles. The number of aromatic nitrogens is 1. The van der Waals surface area contributed by atoms with Crippen LogP contribution in [0.15, 0.2) is 41.9 Å². The van der Waals surface area contributed by atoms with Crippen molar-refractivity contribution in [3.8, 4) is 0 Å². The normalized spacial score (nSPS) is 11.6. The van der Waals surface area contributed by atoms with E-state index in [1.54, 1.807) is 24.4 Å². The molecule has 0 spiro atoms. The number of fused-ring (bicyclic) bond motifs is 1. The number of hydrogen-bond donors (Lipinski definition) is 0. The van der Waals surface area contributed by atoms with Gasteiger partial charge in [0.25, 0.3) is 9.05 Å². The van der Waals surface area contributed by atoms with E-state index < -0.39 is 9.05 Å². The van der Waals surface area contributed by atoms with Gasteiger partial charge < -0.3 is 0 Å². The van der Waals surface area contributed by atoms with E-state index in [-0.39, 0.29) is 4.90 Å². The smallest absolute Gasteiger partial charge is 0.256 e. The number of rotatable bonds is 2. The molecule has 1 aromatic carbocycles. The van der Waals surface area contributed by atoms with Gasteiger partial charge in [-0.3, -0.25) is 4.98 Å². The van der Waals surface area contributed by atoms with Gasteiger partial charge in [-0.2, -0.15) is 0 Å². The lowest BCUT2D eigenvalue weighted by Crippen LogP contribution is -1.91. The Morgan fingerprint density at radius 2 is 2.06 bits per heavy atom. The maximum atomic E-state index is 11.2. The summed E-state index contributed by atoms with van der Waals surface area (Å²) in [6.45, 7) is 3.66. The summed E-state index contributed by atoms with van der Waals surface area (Å²) >= 11 is 0. The molecule has 1 heterocycles. The third-order valence-corrected chi connectivity index (χ3v) is 3.60. The summed E-state index contributed by atoms with van der Waals surface area (Å²) in [4.78, 5) is 4.19. The van der Waals surface area contributed by atoms with E-state index >= 15 is 0 Å². The van der Waals surface area contributed by atoms with Crippen LogP contribution in [-0.2, 0) is 9.05 Å². The molecule has 5 heteroatoms. The molecule has 0 radical (unpaired) electrons. The summed E-state index contributed by atoms with van der Waals surface area (Å²) in [5.41, 5.74) is 1.54. The minimum absolute atomic E-state index is 0.0674. The predicted molar refractivity (Wildman–Crippen MR) is 64.9 cm³/mol. The molecule has 0 bridgehead atoms. The maximum absolute atomic E-state index is 11.2. The van der Waals surface area contributed by atoms with Gasteiger partial charge in [-0.25, -0.2) is 8.42 Å². The summed E-state index contributed by atoms with van der Waals surface area (Å²) < 4.78 is 22.4. The zero-order chi connectivity index (χ0) is 11.8. The highest BCUT2D eigenvalue weighted by Gasteiger charge is 2.11. The Kier molecular flexibility index (Phi) is 2.69. The highest BCUT2D eigenvalue weighted by atomic mass is 35.7. The Labute approximate surface area is 97.8 Å². The van der Waals surface area contributed by atoms with Gasteiger partial charge in [0.1, 0.15) is 0 Å². The molecule has 0 aliphatic rings. The molecule has 2 rings (SSSR count). The van der Waals surface area contributed by atoms with Crippen molar-refractivity contribution in [2.24, 2.45) is 0 Å². The summed E-state index contributed by atoms with van der Waals surface area (Å²) in [6.07, 6.45) is 3.29. The van der Waals surface area contributed by atoms with Crippen molar-refractivity contribution in [1.82, 2.24) is 4.98 Å². The second-order valence-corrected chi connectivity index (χ2v) is 5.79. The van der Waals surface area contributed by atoms with Crippen LogP contribution >= 0.6 is 10.7 Å². The third kappa shape index (κ3) is 1.94. The first kappa shape index (κ1) is 11.1. The summed E-state index contributed by atoms with van der Waals surface area (Å²) in [5.74, 6) is 0. The minimum Gasteiger partial charge on any atom is -0.256 e. The van der Waals surface area contributed by atoms with Gasteiger partial charge in [0, 0.05) is 22.3 Å². The zero-order valence-electron chi connectivity index (χ0n) is 8.22. The van der Waals surface area contributed by atoms with Crippen LogP contribution in [0, 0.1) is 0 Å². The highest BCUT2D eigenvalue weighted by Crippen LogP contribution is 2.23. The van der Waals surface area contributed by atoms with Gasteiger partial charge in [-0.1, -0.05) is 12.7 Å². The van der Waals surface area contributed by atoms with Crippen LogP contribution in [0.5, 0.6) is 0 Å². The van der Waals surface area contributed by atoms with Crippen molar-refractivity contribution in [1.29, 1.82) is 0 Å². The molecule has 0 atom stereocenters. The van der Waals surface area contributed by atoms with E-state index in [1.807, 2.05) is 0 Å². The molecule has 3 nitrogen and oxygen atoms in total. The largest absolute Gasteiger partial charge is 0.261 e. The van der Waals surface area contributed by atoms with Gasteiger partial charge in [0.05, 0.1) is 10.4 Å². The second-order valence-electron chi connectivity index (χ2n) is 3.22. The van der Waals surface area contributed by atoms with Crippen molar-refractivity contribution >= 4 is 36.7 Å². The Morgan fingerprint density at radius 1 is 1.31 bits per heavy atom. The van der Waals surface area contributed by atoms with Gasteiger partial charge in [0.15, 0.2) is 0 Å². The molecule has 0 aliphatic heterocycles. The summed E-state index contributed by atoms with van der Waals surface area (Å²) in [6, 6.07) is 6.32. The van der Waals surface area contributed by atoms with Gasteiger partial charge in [-0.05, 0) is 29.8 Å². The minimum atomic E-state index is -3.71. The van der Waals surface area contributed by atoms with Crippen LogP contribution in [0.3, 0.4) is 0 Å². The second kappa shape index (κ2) is 3.88. The first-order valence-electron chi connectivity index (χ1n) is 4.48. The SMILES string of the molecule is C=Cc1ccnc2ccc(S(=O)(=O)Cl)cc12. The summed E-state index contributed by atoms with van der Waals surface area (Å²) in [7, 11) is 1.57. The molecule has 82 valence electrons. The van der Waals surface area contributed by atoms with Crippen LogP contribution in [0.2, 0.25) is 0 Å². The van der Waals surface area contributed by atoms with E-state index in [4.69, 9.17) is 10.7 Å². The van der Waals surface area contributed by atoms with Crippen LogP contribution < -0.4 is 0 Å². The number of halogens is 1. The van der Waals surface area contributed by atoms with Crippen molar-refractivity contribution < 1.29 is 8.42 Å². The average Bonchev–Trinajstić information content (AvgIpc) is 2.26. The molecule has 0 aliphatic carbocycles. The van der Waals surface area contributed by atoms with Crippen molar-refractivity contribution in [3.05, 3.63) is 42.6 Å². The molecule has 0 fully saturated rings. The molecule has 0 amide bonds. The maximum Gasteiger partial charge on any atom is 0.261 e. The first-order valence-corrected chi connectivity index (χ1v) is 6.79. The molecular formula is C11H8ClNO2S. The van der Waals surface area contributed by atoms with E-state index in [9.17, 15) is 8.42 Å². The standard InChI is InChI=1S/C11H8ClNO2S/c1-2-8-5-6-13-11-4-3-9(7-10(8)11)16(12,14)15/h2-7H,1H2. The lowest BCUT2D eigenvalue weighted by Gasteiger charge is -2.03. The summed E-state index contributed by atoms with van der Waals surface area (Å²) in [5, 5.41) is 0.722. The zero-order valence-corrected chi connectivity index (χ0v) is 9.79. The molecule has 0 N–H and O–H groups in total. The number of benzene rings is 1. The van der Waals surface area contributed by atoms with Crippen molar-refractivity contribution in [2.75, 3.05) is 0 Å². The fourth-order valence-electron chi connectivity index (χ4n) is 1.48. The highest BCUT2D eigenvalue weighted by molar-refractivity contribution is 8.13. The van der Waals surface area contributed by atoms with E-state index in [0.717, 1.165) is 10.9 Å². The Morgan fingerprint density at radius 3 is 2.69 bits per heavy atom. The quantitative estimate of drug-likeness (QED) is 0.774. The Bertz CT molecular complexity index is 665. The lowest BCUT2D eigenvalue weighted by molar-refractivity contribution is 0.609. The fourth-order valence-corrected chi connectivity index (χ4v) is 2.25. The fraction of sp³-hybridized carbons (Fsp3) is 0. The predicted octanol–water partition coefficient (Wildman–Crippen LogP) is 2.81. The van der Waals surface area contributed by atoms with E-state index in [2.05, 4.69) is 11.6 Å². The van der Waals surface area contributed by atoms with E-state index in [1.165, 1.54) is 12.1 Å². The topological polar surface area (TPSA) is 47.0 Å². The van der Waals surface area contributed by atoms with Gasteiger partial charge in [0.2, 0.25) is 0 Å². The van der Waals surface area contributed by atoms with Crippen LogP contribution in [0.1, 0.15) is 5.56 Å². The molecular weight excluding hydrogens is 246 g/mol. The van der Waals surface area contributed by atoms with Crippen molar-refractivity contribution in [3.63, 3.8) is 0 Å². The monoisotopic (exact) mass is 253 g/mol. The number of nitrogens with zero attached hydrogens (tertiary/aromatic N) is 1. The third-order valence-electron chi connectivity index (χ3n) is 2.25. The van der Waals surface area contributed by atoms with Crippen LogP contribution in [0.25, 0.3) is 17.0 Å². The molecule has 0 unspecified atom stereocenters. The Hall–Kier alpha value is -1.39. The average molecular weight is 254 g/mol. The molecule has 2 aromatic rings.